The van der Waals surface area contributed by atoms with Crippen LogP contribution in [0.4, 0.5) is 0 Å². The van der Waals surface area contributed by atoms with Crippen LogP contribution in [0.5, 0.6) is 0 Å². The Morgan fingerprint density at radius 2 is 1.82 bits per heavy atom. The first-order valence-corrected chi connectivity index (χ1v) is 5.48. The van der Waals surface area contributed by atoms with Crippen LogP contribution in [0.15, 0.2) is 17.5 Å². The Labute approximate surface area is 102 Å². The molecule has 0 aliphatic rings. The molecule has 1 heterocycles. The van der Waals surface area contributed by atoms with Crippen LogP contribution in [0, 0.1) is 0 Å². The minimum Gasteiger partial charge on any atom is -0.467 e. The van der Waals surface area contributed by atoms with Crippen LogP contribution in [-0.2, 0) is 19.1 Å². The van der Waals surface area contributed by atoms with Gasteiger partial charge in [-0.15, -0.1) is 11.3 Å². The van der Waals surface area contributed by atoms with Gasteiger partial charge in [0.1, 0.15) is 0 Å². The lowest BCUT2D eigenvalue weighted by molar-refractivity contribution is -0.154. The van der Waals surface area contributed by atoms with Gasteiger partial charge in [-0.05, 0) is 11.4 Å². The first kappa shape index (κ1) is 13.2. The second-order valence-electron chi connectivity index (χ2n) is 2.93. The predicted octanol–water partition coefficient (Wildman–Crippen LogP) is 0.192. The lowest BCUT2D eigenvalue weighted by atomic mass is 10.3. The van der Waals surface area contributed by atoms with Crippen LogP contribution < -0.4 is 5.32 Å². The van der Waals surface area contributed by atoms with Crippen LogP contribution in [0.1, 0.15) is 9.67 Å². The molecule has 0 bridgehead atoms. The SMILES string of the molecule is COC(=O)C(NC(=O)c1cccs1)C(=O)OC. The van der Waals surface area contributed by atoms with E-state index in [1.165, 1.54) is 11.3 Å². The molecule has 0 spiro atoms. The number of hydrogen-bond acceptors (Lipinski definition) is 6. The number of amides is 1. The zero-order valence-corrected chi connectivity index (χ0v) is 10.1. The smallest absolute Gasteiger partial charge is 0.340 e. The number of esters is 2. The maximum Gasteiger partial charge on any atom is 0.340 e. The Balaban J connectivity index is 2.76. The van der Waals surface area contributed by atoms with Crippen molar-refractivity contribution in [2.45, 2.75) is 6.04 Å². The van der Waals surface area contributed by atoms with Crippen molar-refractivity contribution in [1.29, 1.82) is 0 Å². The summed E-state index contributed by atoms with van der Waals surface area (Å²) in [5.74, 6) is -2.27. The van der Waals surface area contributed by atoms with Gasteiger partial charge in [-0.2, -0.15) is 0 Å². The third-order valence-corrected chi connectivity index (χ3v) is 2.76. The number of ether oxygens (including phenoxy) is 2. The van der Waals surface area contributed by atoms with E-state index in [1.807, 2.05) is 0 Å². The molecule has 1 aromatic heterocycles. The lowest BCUT2D eigenvalue weighted by Crippen LogP contribution is -2.47. The average molecular weight is 257 g/mol. The summed E-state index contributed by atoms with van der Waals surface area (Å²) in [6.07, 6.45) is 0. The summed E-state index contributed by atoms with van der Waals surface area (Å²) in [4.78, 5) is 34.6. The van der Waals surface area contributed by atoms with Crippen molar-refractivity contribution < 1.29 is 23.9 Å². The van der Waals surface area contributed by atoms with Crippen molar-refractivity contribution in [1.82, 2.24) is 5.32 Å². The van der Waals surface area contributed by atoms with E-state index in [0.29, 0.717) is 4.88 Å². The van der Waals surface area contributed by atoms with Crippen molar-refractivity contribution in [3.8, 4) is 0 Å². The second-order valence-corrected chi connectivity index (χ2v) is 3.88. The average Bonchev–Trinajstić information content (AvgIpc) is 2.87. The Kier molecular flexibility index (Phi) is 4.65. The van der Waals surface area contributed by atoms with Gasteiger partial charge in [0.2, 0.25) is 6.04 Å². The summed E-state index contributed by atoms with van der Waals surface area (Å²) in [7, 11) is 2.24. The van der Waals surface area contributed by atoms with Gasteiger partial charge in [0.15, 0.2) is 0 Å². The Morgan fingerprint density at radius 1 is 1.24 bits per heavy atom. The van der Waals surface area contributed by atoms with Crippen LogP contribution in [0.2, 0.25) is 0 Å². The molecule has 1 rings (SSSR count). The third kappa shape index (κ3) is 3.28. The molecule has 0 aromatic carbocycles. The minimum atomic E-state index is -1.44. The van der Waals surface area contributed by atoms with Crippen LogP contribution >= 0.6 is 11.3 Å². The predicted molar refractivity (Wildman–Crippen MR) is 59.6 cm³/mol. The molecule has 0 aliphatic heterocycles. The monoisotopic (exact) mass is 257 g/mol. The van der Waals surface area contributed by atoms with Gasteiger partial charge >= 0.3 is 11.9 Å². The van der Waals surface area contributed by atoms with E-state index >= 15 is 0 Å². The molecule has 0 saturated carbocycles. The van der Waals surface area contributed by atoms with E-state index in [-0.39, 0.29) is 0 Å². The number of nitrogens with one attached hydrogen (secondary N) is 1. The van der Waals surface area contributed by atoms with Gasteiger partial charge in [0.05, 0.1) is 19.1 Å². The van der Waals surface area contributed by atoms with E-state index in [2.05, 4.69) is 14.8 Å². The summed E-state index contributed by atoms with van der Waals surface area (Å²) >= 11 is 1.20. The molecule has 1 amide bonds. The number of methoxy groups -OCH3 is 2. The van der Waals surface area contributed by atoms with E-state index < -0.39 is 23.9 Å². The molecule has 17 heavy (non-hydrogen) atoms. The molecule has 0 radical (unpaired) electrons. The molecule has 0 saturated heterocycles. The number of hydrogen-bond donors (Lipinski definition) is 1. The highest BCUT2D eigenvalue weighted by Gasteiger charge is 2.30. The zero-order chi connectivity index (χ0) is 12.8. The molecule has 6 nitrogen and oxygen atoms in total. The number of thiophene rings is 1. The molecule has 0 unspecified atom stereocenters. The molecule has 1 aromatic rings. The van der Waals surface area contributed by atoms with Crippen LogP contribution in [-0.4, -0.2) is 38.1 Å². The van der Waals surface area contributed by atoms with Gasteiger partial charge in [-0.25, -0.2) is 9.59 Å². The van der Waals surface area contributed by atoms with Crippen molar-refractivity contribution >= 4 is 29.2 Å². The van der Waals surface area contributed by atoms with Gasteiger partial charge in [-0.1, -0.05) is 6.07 Å². The topological polar surface area (TPSA) is 81.7 Å². The highest BCUT2D eigenvalue weighted by molar-refractivity contribution is 7.12. The fraction of sp³-hybridized carbons (Fsp3) is 0.300. The number of carbonyl (C=O) groups excluding carboxylic acids is 3. The van der Waals surface area contributed by atoms with Crippen LogP contribution in [0.25, 0.3) is 0 Å². The maximum atomic E-state index is 11.6. The quantitative estimate of drug-likeness (QED) is 0.615. The van der Waals surface area contributed by atoms with Gasteiger partial charge in [0.25, 0.3) is 5.91 Å². The summed E-state index contributed by atoms with van der Waals surface area (Å²) < 4.78 is 8.80. The minimum absolute atomic E-state index is 0.391. The van der Waals surface area contributed by atoms with Crippen molar-refractivity contribution in [2.24, 2.45) is 0 Å². The van der Waals surface area contributed by atoms with E-state index in [4.69, 9.17) is 0 Å². The molecule has 0 aliphatic carbocycles. The van der Waals surface area contributed by atoms with E-state index in [9.17, 15) is 14.4 Å². The summed E-state index contributed by atoms with van der Waals surface area (Å²) in [6.45, 7) is 0. The highest BCUT2D eigenvalue weighted by Crippen LogP contribution is 2.08. The number of carbonyl (C=O) groups is 3. The standard InChI is InChI=1S/C10H11NO5S/c1-15-9(13)7(10(14)16-2)11-8(12)6-4-3-5-17-6/h3-5,7H,1-2H3,(H,11,12). The van der Waals surface area contributed by atoms with Crippen LogP contribution in [0.3, 0.4) is 0 Å². The largest absolute Gasteiger partial charge is 0.467 e. The first-order chi connectivity index (χ1) is 8.10. The maximum absolute atomic E-state index is 11.6. The summed E-state index contributed by atoms with van der Waals surface area (Å²) in [5.41, 5.74) is 0. The van der Waals surface area contributed by atoms with Crippen molar-refractivity contribution in [2.75, 3.05) is 14.2 Å². The van der Waals surface area contributed by atoms with Gasteiger partial charge < -0.3 is 14.8 Å². The molecule has 0 atom stereocenters. The fourth-order valence-corrected chi connectivity index (χ4v) is 1.69. The first-order valence-electron chi connectivity index (χ1n) is 4.60. The molecular formula is C10H11NO5S. The van der Waals surface area contributed by atoms with E-state index in [0.717, 1.165) is 14.2 Å². The Hall–Kier alpha value is -1.89. The fourth-order valence-electron chi connectivity index (χ4n) is 1.06. The molecule has 1 N–H and O–H groups in total. The number of rotatable bonds is 4. The molecule has 0 fully saturated rings. The highest BCUT2D eigenvalue weighted by atomic mass is 32.1. The second kappa shape index (κ2) is 6.00. The Bertz CT molecular complexity index is 398. The summed E-state index contributed by atoms with van der Waals surface area (Å²) in [5, 5.41) is 3.95. The normalized spacial score (nSPS) is 9.82. The third-order valence-electron chi connectivity index (χ3n) is 1.89. The lowest BCUT2D eigenvalue weighted by Gasteiger charge is -2.13. The van der Waals surface area contributed by atoms with E-state index in [1.54, 1.807) is 17.5 Å². The van der Waals surface area contributed by atoms with Crippen molar-refractivity contribution in [3.05, 3.63) is 22.4 Å². The molecule has 92 valence electrons. The van der Waals surface area contributed by atoms with Gasteiger partial charge in [-0.3, -0.25) is 4.79 Å². The van der Waals surface area contributed by atoms with Gasteiger partial charge in [0, 0.05) is 0 Å². The molecule has 7 heteroatoms. The summed E-state index contributed by atoms with van der Waals surface area (Å²) in [6, 6.07) is 1.82. The van der Waals surface area contributed by atoms with Crippen molar-refractivity contribution in [3.63, 3.8) is 0 Å². The zero-order valence-electron chi connectivity index (χ0n) is 9.26. The Morgan fingerprint density at radius 3 is 2.24 bits per heavy atom. The molecular weight excluding hydrogens is 246 g/mol.